The van der Waals surface area contributed by atoms with Gasteiger partial charge in [-0.05, 0) is 35.1 Å². The van der Waals surface area contributed by atoms with Crippen LogP contribution < -0.4 is 0 Å². The highest BCUT2D eigenvalue weighted by Gasteiger charge is 2.32. The number of carboxylic acids is 1. The fourth-order valence-corrected chi connectivity index (χ4v) is 3.98. The summed E-state index contributed by atoms with van der Waals surface area (Å²) in [5.74, 6) is -1.68. The molecule has 0 fully saturated rings. The molecule has 7 nitrogen and oxygen atoms in total. The van der Waals surface area contributed by atoms with Crippen molar-refractivity contribution in [2.75, 3.05) is 20.3 Å². The number of esters is 1. The Kier molecular flexibility index (Phi) is 7.65. The molecule has 1 atom stereocenters. The summed E-state index contributed by atoms with van der Waals surface area (Å²) >= 11 is 0. The van der Waals surface area contributed by atoms with E-state index in [1.807, 2.05) is 36.4 Å². The number of carbonyl (C=O) groups excluding carboxylic acids is 2. The molecule has 1 aliphatic rings. The van der Waals surface area contributed by atoms with Crippen molar-refractivity contribution < 1.29 is 29.0 Å². The molecule has 0 saturated heterocycles. The van der Waals surface area contributed by atoms with Crippen molar-refractivity contribution in [2.24, 2.45) is 0 Å². The molecule has 0 aliphatic heterocycles. The highest BCUT2D eigenvalue weighted by molar-refractivity contribution is 5.82. The molecule has 0 spiro atoms. The quantitative estimate of drug-likeness (QED) is 0.442. The second kappa shape index (κ2) is 10.6. The Bertz CT molecular complexity index is 956. The molecule has 0 aromatic heterocycles. The molecule has 0 saturated carbocycles. The van der Waals surface area contributed by atoms with Crippen LogP contribution in [-0.4, -0.2) is 54.3 Å². The first-order chi connectivity index (χ1) is 15.4. The third-order valence-electron chi connectivity index (χ3n) is 5.58. The molecule has 168 valence electrons. The Morgan fingerprint density at radius 3 is 2.22 bits per heavy atom. The summed E-state index contributed by atoms with van der Waals surface area (Å²) in [5, 5.41) is 8.89. The third kappa shape index (κ3) is 5.17. The number of ether oxygens (including phenoxy) is 2. The number of nitrogens with zero attached hydrogens (tertiary/aromatic N) is 1. The van der Waals surface area contributed by atoms with E-state index in [-0.39, 0.29) is 38.4 Å². The maximum Gasteiger partial charge on any atom is 0.410 e. The van der Waals surface area contributed by atoms with Crippen LogP contribution in [0.25, 0.3) is 11.1 Å². The van der Waals surface area contributed by atoms with E-state index in [0.29, 0.717) is 0 Å². The minimum atomic E-state index is -0.966. The summed E-state index contributed by atoms with van der Waals surface area (Å²) in [6.07, 6.45) is 1.04. The average Bonchev–Trinajstić information content (AvgIpc) is 3.12. The second-order valence-corrected chi connectivity index (χ2v) is 7.64. The van der Waals surface area contributed by atoms with Crippen LogP contribution in [0.5, 0.6) is 0 Å². The first-order valence-electron chi connectivity index (χ1n) is 10.5. The van der Waals surface area contributed by atoms with Gasteiger partial charge in [0.05, 0.1) is 0 Å². The molecular weight excluding hydrogens is 410 g/mol. The predicted octanol–water partition coefficient (Wildman–Crippen LogP) is 4.22. The molecule has 1 N–H and O–H groups in total. The molecule has 0 unspecified atom stereocenters. The van der Waals surface area contributed by atoms with Gasteiger partial charge in [-0.1, -0.05) is 61.2 Å². The van der Waals surface area contributed by atoms with Crippen molar-refractivity contribution in [1.82, 2.24) is 4.90 Å². The normalized spacial score (nSPS) is 12.9. The maximum absolute atomic E-state index is 12.8. The maximum atomic E-state index is 12.8. The standard InChI is InChI=1S/C25H27NO6/c1-3-15-31-24(29)22(13-8-14-23(27)28)26(2)25(30)32-16-21-19-11-6-4-9-17(19)18-10-5-7-12-20(18)21/h3-7,9-12,21-22H,1,8,13-16H2,2H3,(H,27,28)/t22-/m0/s1. The molecule has 2 aromatic carbocycles. The Morgan fingerprint density at radius 1 is 1.06 bits per heavy atom. The number of carboxylic acid groups (broad SMARTS) is 1. The number of benzene rings is 2. The summed E-state index contributed by atoms with van der Waals surface area (Å²) in [6, 6.07) is 15.1. The lowest BCUT2D eigenvalue weighted by atomic mass is 9.98. The van der Waals surface area contributed by atoms with Gasteiger partial charge in [0, 0.05) is 19.4 Å². The lowest BCUT2D eigenvalue weighted by Crippen LogP contribution is -2.44. The number of hydrogen-bond donors (Lipinski definition) is 1. The van der Waals surface area contributed by atoms with Gasteiger partial charge in [-0.15, -0.1) is 0 Å². The predicted molar refractivity (Wildman–Crippen MR) is 119 cm³/mol. The lowest BCUT2D eigenvalue weighted by molar-refractivity contribution is -0.148. The molecule has 32 heavy (non-hydrogen) atoms. The van der Waals surface area contributed by atoms with Crippen LogP contribution in [0.2, 0.25) is 0 Å². The Hall–Kier alpha value is -3.61. The summed E-state index contributed by atoms with van der Waals surface area (Å²) in [6.45, 7) is 3.64. The van der Waals surface area contributed by atoms with Crippen molar-refractivity contribution in [3.8, 4) is 11.1 Å². The largest absolute Gasteiger partial charge is 0.481 e. The topological polar surface area (TPSA) is 93.1 Å². The van der Waals surface area contributed by atoms with Gasteiger partial charge in [0.15, 0.2) is 0 Å². The van der Waals surface area contributed by atoms with E-state index in [4.69, 9.17) is 14.6 Å². The molecule has 0 bridgehead atoms. The van der Waals surface area contributed by atoms with Crippen LogP contribution in [0.4, 0.5) is 4.79 Å². The molecule has 3 rings (SSSR count). The SMILES string of the molecule is C=CCOC(=O)[C@H](CCCC(=O)O)N(C)C(=O)OCC1c2ccccc2-c2ccccc21. The Morgan fingerprint density at radius 2 is 1.66 bits per heavy atom. The van der Waals surface area contributed by atoms with Gasteiger partial charge >= 0.3 is 18.0 Å². The van der Waals surface area contributed by atoms with E-state index < -0.39 is 24.1 Å². The summed E-state index contributed by atoms with van der Waals surface area (Å²) in [7, 11) is 1.46. The number of amides is 1. The highest BCUT2D eigenvalue weighted by Crippen LogP contribution is 2.44. The second-order valence-electron chi connectivity index (χ2n) is 7.64. The lowest BCUT2D eigenvalue weighted by Gasteiger charge is -2.26. The number of hydrogen-bond acceptors (Lipinski definition) is 5. The van der Waals surface area contributed by atoms with Crippen molar-refractivity contribution >= 4 is 18.0 Å². The molecule has 0 heterocycles. The van der Waals surface area contributed by atoms with Crippen molar-refractivity contribution in [1.29, 1.82) is 0 Å². The molecule has 1 aliphatic carbocycles. The molecule has 7 heteroatoms. The van der Waals surface area contributed by atoms with Crippen LogP contribution in [0.3, 0.4) is 0 Å². The summed E-state index contributed by atoms with van der Waals surface area (Å²) < 4.78 is 10.7. The van der Waals surface area contributed by atoms with Crippen LogP contribution in [0.1, 0.15) is 36.3 Å². The zero-order valence-electron chi connectivity index (χ0n) is 18.0. The van der Waals surface area contributed by atoms with Crippen molar-refractivity contribution in [2.45, 2.75) is 31.2 Å². The molecule has 0 radical (unpaired) electrons. The van der Waals surface area contributed by atoms with Crippen LogP contribution in [0.15, 0.2) is 61.2 Å². The number of carbonyl (C=O) groups is 3. The third-order valence-corrected chi connectivity index (χ3v) is 5.58. The van der Waals surface area contributed by atoms with Gasteiger partial charge in [0.25, 0.3) is 0 Å². The van der Waals surface area contributed by atoms with Gasteiger partial charge in [0.2, 0.25) is 0 Å². The molecular formula is C25H27NO6. The first-order valence-corrected chi connectivity index (χ1v) is 10.5. The van der Waals surface area contributed by atoms with Crippen LogP contribution >= 0.6 is 0 Å². The Balaban J connectivity index is 1.69. The number of aliphatic carboxylic acids is 1. The van der Waals surface area contributed by atoms with E-state index >= 15 is 0 Å². The fraction of sp³-hybridized carbons (Fsp3) is 0.320. The van der Waals surface area contributed by atoms with Gasteiger partial charge in [0.1, 0.15) is 19.3 Å². The Labute approximate surface area is 187 Å². The van der Waals surface area contributed by atoms with Crippen molar-refractivity contribution in [3.05, 3.63) is 72.3 Å². The number of likely N-dealkylation sites (N-methyl/N-ethyl adjacent to an activating group) is 1. The summed E-state index contributed by atoms with van der Waals surface area (Å²) in [4.78, 5) is 37.3. The van der Waals surface area contributed by atoms with Crippen LogP contribution in [-0.2, 0) is 19.1 Å². The average molecular weight is 437 g/mol. The monoisotopic (exact) mass is 437 g/mol. The highest BCUT2D eigenvalue weighted by atomic mass is 16.6. The molecule has 1 amide bonds. The van der Waals surface area contributed by atoms with Gasteiger partial charge in [-0.3, -0.25) is 9.69 Å². The van der Waals surface area contributed by atoms with Gasteiger partial charge in [-0.25, -0.2) is 9.59 Å². The van der Waals surface area contributed by atoms with E-state index in [9.17, 15) is 14.4 Å². The molecule has 2 aromatic rings. The smallest absolute Gasteiger partial charge is 0.410 e. The van der Waals surface area contributed by atoms with Crippen LogP contribution in [0, 0.1) is 0 Å². The minimum Gasteiger partial charge on any atom is -0.481 e. The van der Waals surface area contributed by atoms with E-state index in [2.05, 4.69) is 18.7 Å². The van der Waals surface area contributed by atoms with E-state index in [1.165, 1.54) is 18.0 Å². The minimum absolute atomic E-state index is 0.00674. The zero-order valence-corrected chi connectivity index (χ0v) is 18.0. The van der Waals surface area contributed by atoms with Gasteiger partial charge in [-0.2, -0.15) is 0 Å². The number of rotatable bonds is 10. The fourth-order valence-electron chi connectivity index (χ4n) is 3.98. The van der Waals surface area contributed by atoms with Crippen molar-refractivity contribution in [3.63, 3.8) is 0 Å². The van der Waals surface area contributed by atoms with E-state index in [0.717, 1.165) is 22.3 Å². The number of fused-ring (bicyclic) bond motifs is 3. The summed E-state index contributed by atoms with van der Waals surface area (Å²) in [5.41, 5.74) is 4.43. The van der Waals surface area contributed by atoms with Gasteiger partial charge < -0.3 is 14.6 Å². The van der Waals surface area contributed by atoms with E-state index in [1.54, 1.807) is 0 Å². The first kappa shape index (κ1) is 23.1. The zero-order chi connectivity index (χ0) is 23.1.